The van der Waals surface area contributed by atoms with Crippen molar-refractivity contribution in [1.29, 1.82) is 0 Å². The van der Waals surface area contributed by atoms with Crippen molar-refractivity contribution in [2.45, 2.75) is 6.92 Å². The van der Waals surface area contributed by atoms with Gasteiger partial charge in [0.2, 0.25) is 0 Å². The summed E-state index contributed by atoms with van der Waals surface area (Å²) in [5.74, 6) is 0.582. The third-order valence-electron chi connectivity index (χ3n) is 2.89. The monoisotopic (exact) mass is 294 g/mol. The second-order valence-electron chi connectivity index (χ2n) is 4.62. The minimum Gasteiger partial charge on any atom is -0.305 e. The predicted molar refractivity (Wildman–Crippen MR) is 83.0 cm³/mol. The number of aryl methyl sites for hydroxylation is 1. The Morgan fingerprint density at radius 3 is 2.55 bits per heavy atom. The molecular formula is C15H14N6O. The van der Waals surface area contributed by atoms with Crippen molar-refractivity contribution in [1.82, 2.24) is 19.7 Å². The number of urea groups is 1. The first-order valence-corrected chi connectivity index (χ1v) is 6.67. The van der Waals surface area contributed by atoms with E-state index in [0.29, 0.717) is 11.5 Å². The summed E-state index contributed by atoms with van der Waals surface area (Å²) in [6.07, 6.45) is 4.44. The molecule has 0 aliphatic carbocycles. The molecule has 2 amide bonds. The van der Waals surface area contributed by atoms with E-state index in [9.17, 15) is 4.79 Å². The highest BCUT2D eigenvalue weighted by Crippen LogP contribution is 2.17. The largest absolute Gasteiger partial charge is 0.324 e. The van der Waals surface area contributed by atoms with Crippen LogP contribution < -0.4 is 10.6 Å². The van der Waals surface area contributed by atoms with Crippen molar-refractivity contribution in [3.8, 4) is 5.69 Å². The molecule has 0 spiro atoms. The number of para-hydroxylation sites is 1. The number of nitrogens with one attached hydrogen (secondary N) is 2. The van der Waals surface area contributed by atoms with Crippen LogP contribution in [0.4, 0.5) is 16.3 Å². The summed E-state index contributed by atoms with van der Waals surface area (Å²) in [5, 5.41) is 9.83. The number of hydrogen-bond acceptors (Lipinski definition) is 4. The summed E-state index contributed by atoms with van der Waals surface area (Å²) in [6.45, 7) is 1.87. The predicted octanol–water partition coefficient (Wildman–Crippen LogP) is 2.61. The van der Waals surface area contributed by atoms with Gasteiger partial charge in [-0.15, -0.1) is 0 Å². The summed E-state index contributed by atoms with van der Waals surface area (Å²) in [7, 11) is 0. The lowest BCUT2D eigenvalue weighted by atomic mass is 10.3. The molecule has 110 valence electrons. The Morgan fingerprint density at radius 1 is 1.09 bits per heavy atom. The zero-order valence-electron chi connectivity index (χ0n) is 11.9. The molecule has 0 saturated heterocycles. The highest BCUT2D eigenvalue weighted by atomic mass is 16.2. The number of hydrogen-bond donors (Lipinski definition) is 2. The van der Waals surface area contributed by atoms with Gasteiger partial charge in [-0.25, -0.2) is 19.4 Å². The van der Waals surface area contributed by atoms with Crippen molar-refractivity contribution in [2.75, 3.05) is 10.6 Å². The number of rotatable bonds is 3. The van der Waals surface area contributed by atoms with Gasteiger partial charge in [-0.1, -0.05) is 18.2 Å². The van der Waals surface area contributed by atoms with E-state index in [1.54, 1.807) is 10.7 Å². The van der Waals surface area contributed by atoms with E-state index in [4.69, 9.17) is 0 Å². The molecule has 7 nitrogen and oxygen atoms in total. The van der Waals surface area contributed by atoms with Gasteiger partial charge in [0.05, 0.1) is 29.5 Å². The summed E-state index contributed by atoms with van der Waals surface area (Å²) < 4.78 is 1.68. The molecule has 0 aliphatic heterocycles. The number of benzene rings is 1. The topological polar surface area (TPSA) is 84.7 Å². The van der Waals surface area contributed by atoms with Crippen LogP contribution in [0.1, 0.15) is 5.69 Å². The van der Waals surface area contributed by atoms with Gasteiger partial charge in [0.15, 0.2) is 0 Å². The molecule has 2 aromatic heterocycles. The third-order valence-corrected chi connectivity index (χ3v) is 2.89. The Hall–Kier alpha value is -3.22. The molecule has 0 radical (unpaired) electrons. The lowest BCUT2D eigenvalue weighted by Crippen LogP contribution is -2.21. The first-order chi connectivity index (χ1) is 10.7. The first-order valence-electron chi connectivity index (χ1n) is 6.67. The first kappa shape index (κ1) is 13.7. The van der Waals surface area contributed by atoms with Gasteiger partial charge in [-0.2, -0.15) is 5.10 Å². The van der Waals surface area contributed by atoms with Gasteiger partial charge >= 0.3 is 6.03 Å². The molecule has 3 aromatic rings. The molecule has 0 unspecified atom stereocenters. The van der Waals surface area contributed by atoms with E-state index in [2.05, 4.69) is 25.7 Å². The van der Waals surface area contributed by atoms with Crippen molar-refractivity contribution in [3.63, 3.8) is 0 Å². The highest BCUT2D eigenvalue weighted by molar-refractivity contribution is 5.99. The Morgan fingerprint density at radius 2 is 1.82 bits per heavy atom. The molecule has 3 rings (SSSR count). The van der Waals surface area contributed by atoms with Crippen LogP contribution in [0, 0.1) is 6.92 Å². The van der Waals surface area contributed by atoms with E-state index in [1.807, 2.05) is 37.3 Å². The molecule has 0 aliphatic rings. The van der Waals surface area contributed by atoms with E-state index in [0.717, 1.165) is 11.4 Å². The molecule has 1 aromatic carbocycles. The second-order valence-corrected chi connectivity index (χ2v) is 4.62. The van der Waals surface area contributed by atoms with Crippen LogP contribution in [0.25, 0.3) is 5.69 Å². The van der Waals surface area contributed by atoms with Crippen LogP contribution in [-0.4, -0.2) is 25.8 Å². The molecular weight excluding hydrogens is 280 g/mol. The Bertz CT molecular complexity index is 769. The normalized spacial score (nSPS) is 10.2. The van der Waals surface area contributed by atoms with E-state index in [1.165, 1.54) is 18.7 Å². The molecule has 0 atom stereocenters. The number of carbonyl (C=O) groups excluding carboxylic acids is 1. The van der Waals surface area contributed by atoms with Gasteiger partial charge in [0, 0.05) is 6.07 Å². The number of anilines is 2. The molecule has 22 heavy (non-hydrogen) atoms. The van der Waals surface area contributed by atoms with Crippen LogP contribution in [-0.2, 0) is 0 Å². The summed E-state index contributed by atoms with van der Waals surface area (Å²) in [4.78, 5) is 19.7. The quantitative estimate of drug-likeness (QED) is 0.777. The minimum absolute atomic E-state index is 0.383. The fourth-order valence-electron chi connectivity index (χ4n) is 2.00. The number of carbonyl (C=O) groups is 1. The average molecular weight is 294 g/mol. The van der Waals surface area contributed by atoms with Crippen LogP contribution in [0.2, 0.25) is 0 Å². The number of nitrogens with zero attached hydrogens (tertiary/aromatic N) is 4. The summed E-state index contributed by atoms with van der Waals surface area (Å²) in [6, 6.07) is 11.0. The van der Waals surface area contributed by atoms with Crippen LogP contribution >= 0.6 is 0 Å². The maximum Gasteiger partial charge on any atom is 0.324 e. The van der Waals surface area contributed by atoms with Crippen LogP contribution in [0.15, 0.2) is 55.1 Å². The maximum absolute atomic E-state index is 12.1. The van der Waals surface area contributed by atoms with Gasteiger partial charge < -0.3 is 5.32 Å². The molecule has 0 saturated carbocycles. The minimum atomic E-state index is -0.383. The fourth-order valence-corrected chi connectivity index (χ4v) is 2.00. The van der Waals surface area contributed by atoms with Gasteiger partial charge in [-0.3, -0.25) is 5.32 Å². The van der Waals surface area contributed by atoms with Crippen molar-refractivity contribution in [3.05, 3.63) is 60.8 Å². The Balaban J connectivity index is 1.79. The number of aromatic nitrogens is 4. The smallest absolute Gasteiger partial charge is 0.305 e. The summed E-state index contributed by atoms with van der Waals surface area (Å²) >= 11 is 0. The zero-order chi connectivity index (χ0) is 15.4. The standard InChI is InChI=1S/C15H14N6O/c1-11-7-14(21(20-11)13-5-3-2-4-6-13)19-15(22)18-12-8-16-10-17-9-12/h2-10H,1H3,(H2,18,19,22). The van der Waals surface area contributed by atoms with E-state index < -0.39 is 0 Å². The lowest BCUT2D eigenvalue weighted by Gasteiger charge is -2.09. The van der Waals surface area contributed by atoms with Gasteiger partial charge in [-0.05, 0) is 19.1 Å². The SMILES string of the molecule is Cc1cc(NC(=O)Nc2cncnc2)n(-c2ccccc2)n1. The van der Waals surface area contributed by atoms with Gasteiger partial charge in [0.25, 0.3) is 0 Å². The van der Waals surface area contributed by atoms with Crippen molar-refractivity contribution < 1.29 is 4.79 Å². The second kappa shape index (κ2) is 6.04. The molecule has 0 bridgehead atoms. The third kappa shape index (κ3) is 3.09. The maximum atomic E-state index is 12.1. The highest BCUT2D eigenvalue weighted by Gasteiger charge is 2.10. The van der Waals surface area contributed by atoms with Crippen molar-refractivity contribution in [2.24, 2.45) is 0 Å². The molecule has 7 heteroatoms. The lowest BCUT2D eigenvalue weighted by molar-refractivity contribution is 0.262. The fraction of sp³-hybridized carbons (Fsp3) is 0.0667. The zero-order valence-corrected chi connectivity index (χ0v) is 11.9. The molecule has 2 N–H and O–H groups in total. The molecule has 2 heterocycles. The average Bonchev–Trinajstić information content (AvgIpc) is 2.89. The summed E-state index contributed by atoms with van der Waals surface area (Å²) in [5.41, 5.74) is 2.19. The Labute approximate surface area is 127 Å². The molecule has 0 fully saturated rings. The number of amides is 2. The van der Waals surface area contributed by atoms with E-state index >= 15 is 0 Å². The van der Waals surface area contributed by atoms with Crippen LogP contribution in [0.5, 0.6) is 0 Å². The van der Waals surface area contributed by atoms with Gasteiger partial charge in [0.1, 0.15) is 12.1 Å². The van der Waals surface area contributed by atoms with E-state index in [-0.39, 0.29) is 6.03 Å². The van der Waals surface area contributed by atoms with Crippen LogP contribution in [0.3, 0.4) is 0 Å². The Kier molecular flexibility index (Phi) is 3.78. The van der Waals surface area contributed by atoms with Crippen molar-refractivity contribution >= 4 is 17.5 Å².